The molecule has 0 aromatic heterocycles. The van der Waals surface area contributed by atoms with E-state index in [0.29, 0.717) is 12.8 Å². The molecular weight excluding hydrogens is 258 g/mol. The van der Waals surface area contributed by atoms with Gasteiger partial charge in [0.1, 0.15) is 0 Å². The maximum absolute atomic E-state index is 12.6. The molecule has 2 atom stereocenters. The molecule has 0 radical (unpaired) electrons. The Balaban J connectivity index is 1.92. The van der Waals surface area contributed by atoms with Gasteiger partial charge in [-0.1, -0.05) is 25.7 Å². The van der Waals surface area contributed by atoms with E-state index in [0.717, 1.165) is 38.5 Å². The minimum absolute atomic E-state index is 0.0933. The highest BCUT2D eigenvalue weighted by molar-refractivity contribution is 6.06. The molecule has 2 amide bonds. The largest absolute Gasteiger partial charge is 0.481 e. The lowest BCUT2D eigenvalue weighted by Crippen LogP contribution is -2.51. The quantitative estimate of drug-likeness (QED) is 0.801. The molecule has 3 aliphatic rings. The van der Waals surface area contributed by atoms with Crippen LogP contribution in [0.3, 0.4) is 0 Å². The molecule has 1 heterocycles. The summed E-state index contributed by atoms with van der Waals surface area (Å²) < 4.78 is 0. The van der Waals surface area contributed by atoms with E-state index in [1.165, 1.54) is 4.90 Å². The number of likely N-dealkylation sites (tertiary alicyclic amines) is 1. The summed E-state index contributed by atoms with van der Waals surface area (Å²) in [5, 5.41) is 9.18. The molecule has 2 unspecified atom stereocenters. The lowest BCUT2D eigenvalue weighted by Gasteiger charge is -2.36. The summed E-state index contributed by atoms with van der Waals surface area (Å²) in [5.74, 6) is -1.46. The van der Waals surface area contributed by atoms with Gasteiger partial charge in [0.15, 0.2) is 0 Å². The first kappa shape index (κ1) is 13.6. The summed E-state index contributed by atoms with van der Waals surface area (Å²) in [4.78, 5) is 37.9. The number of carboxylic acids is 1. The smallest absolute Gasteiger partial charge is 0.305 e. The molecule has 0 bridgehead atoms. The number of fused-ring (bicyclic) bond motifs is 1. The van der Waals surface area contributed by atoms with Gasteiger partial charge in [-0.2, -0.15) is 0 Å². The molecule has 5 nitrogen and oxygen atoms in total. The maximum atomic E-state index is 12.6. The van der Waals surface area contributed by atoms with Crippen LogP contribution in [0.1, 0.15) is 57.8 Å². The van der Waals surface area contributed by atoms with Gasteiger partial charge >= 0.3 is 5.97 Å². The van der Waals surface area contributed by atoms with E-state index in [9.17, 15) is 19.5 Å². The van der Waals surface area contributed by atoms with Crippen molar-refractivity contribution >= 4 is 17.8 Å². The lowest BCUT2D eigenvalue weighted by atomic mass is 9.81. The molecular formula is C15H21NO4. The van der Waals surface area contributed by atoms with E-state index in [1.54, 1.807) is 0 Å². The van der Waals surface area contributed by atoms with Gasteiger partial charge < -0.3 is 5.11 Å². The second kappa shape index (κ2) is 4.86. The summed E-state index contributed by atoms with van der Waals surface area (Å²) in [5.41, 5.74) is -0.739. The van der Waals surface area contributed by atoms with Crippen LogP contribution in [0.4, 0.5) is 0 Å². The third-order valence-corrected chi connectivity index (χ3v) is 5.33. The van der Waals surface area contributed by atoms with Crippen LogP contribution in [0, 0.1) is 11.8 Å². The van der Waals surface area contributed by atoms with Gasteiger partial charge in [0.25, 0.3) is 0 Å². The third-order valence-electron chi connectivity index (χ3n) is 5.33. The average molecular weight is 279 g/mol. The predicted molar refractivity (Wildman–Crippen MR) is 70.8 cm³/mol. The Hall–Kier alpha value is -1.39. The Morgan fingerprint density at radius 2 is 1.55 bits per heavy atom. The van der Waals surface area contributed by atoms with E-state index in [2.05, 4.69) is 0 Å². The van der Waals surface area contributed by atoms with Crippen molar-refractivity contribution in [2.24, 2.45) is 11.8 Å². The predicted octanol–water partition coefficient (Wildman–Crippen LogP) is 1.95. The summed E-state index contributed by atoms with van der Waals surface area (Å²) in [6.07, 6.45) is 6.58. The summed E-state index contributed by atoms with van der Waals surface area (Å²) in [6, 6.07) is 0. The van der Waals surface area contributed by atoms with E-state index >= 15 is 0 Å². The van der Waals surface area contributed by atoms with E-state index in [1.807, 2.05) is 0 Å². The van der Waals surface area contributed by atoms with E-state index < -0.39 is 11.5 Å². The topological polar surface area (TPSA) is 74.7 Å². The van der Waals surface area contributed by atoms with Crippen LogP contribution in [-0.4, -0.2) is 33.3 Å². The number of imide groups is 1. The summed E-state index contributed by atoms with van der Waals surface area (Å²) in [7, 11) is 0. The van der Waals surface area contributed by atoms with Crippen molar-refractivity contribution in [1.82, 2.24) is 4.90 Å². The number of hydrogen-bond donors (Lipinski definition) is 1. The summed E-state index contributed by atoms with van der Waals surface area (Å²) >= 11 is 0. The molecule has 3 fully saturated rings. The molecule has 3 rings (SSSR count). The standard InChI is InChI=1S/C15H21NO4/c17-12(18)9-15(7-3-4-8-15)16-13(19)10-5-1-2-6-11(10)14(16)20/h10-11H,1-9H2,(H,17,18). The van der Waals surface area contributed by atoms with Crippen LogP contribution in [0.25, 0.3) is 0 Å². The van der Waals surface area contributed by atoms with Crippen LogP contribution in [0.15, 0.2) is 0 Å². The molecule has 0 aromatic carbocycles. The maximum Gasteiger partial charge on any atom is 0.305 e. The van der Waals surface area contributed by atoms with Crippen molar-refractivity contribution in [3.63, 3.8) is 0 Å². The SMILES string of the molecule is O=C(O)CC1(N2C(=O)C3CCCCC3C2=O)CCCC1. The number of carboxylic acid groups (broad SMARTS) is 1. The number of carbonyl (C=O) groups is 3. The first-order chi connectivity index (χ1) is 9.55. The molecule has 1 N–H and O–H groups in total. The van der Waals surface area contributed by atoms with Crippen LogP contribution in [0.5, 0.6) is 0 Å². The molecule has 2 saturated carbocycles. The Bertz CT molecular complexity index is 429. The Labute approximate surface area is 118 Å². The van der Waals surface area contributed by atoms with Crippen molar-refractivity contribution in [3.05, 3.63) is 0 Å². The number of amides is 2. The molecule has 0 spiro atoms. The lowest BCUT2D eigenvalue weighted by molar-refractivity contribution is -0.151. The van der Waals surface area contributed by atoms with Crippen LogP contribution in [-0.2, 0) is 14.4 Å². The molecule has 0 aromatic rings. The van der Waals surface area contributed by atoms with Crippen LogP contribution >= 0.6 is 0 Å². The zero-order valence-corrected chi connectivity index (χ0v) is 11.6. The second-order valence-electron chi connectivity index (χ2n) is 6.51. The number of carbonyl (C=O) groups excluding carboxylic acids is 2. The van der Waals surface area contributed by atoms with Gasteiger partial charge in [0.05, 0.1) is 23.8 Å². The van der Waals surface area contributed by atoms with E-state index in [4.69, 9.17) is 0 Å². The first-order valence-electron chi connectivity index (χ1n) is 7.65. The third kappa shape index (κ3) is 1.95. The number of nitrogens with zero attached hydrogens (tertiary/aromatic N) is 1. The highest BCUT2D eigenvalue weighted by Gasteiger charge is 2.56. The normalized spacial score (nSPS) is 32.5. The van der Waals surface area contributed by atoms with E-state index in [-0.39, 0.29) is 30.1 Å². The molecule has 1 saturated heterocycles. The molecule has 5 heteroatoms. The Morgan fingerprint density at radius 1 is 1.05 bits per heavy atom. The fourth-order valence-corrected chi connectivity index (χ4v) is 4.42. The van der Waals surface area contributed by atoms with Gasteiger partial charge in [-0.25, -0.2) is 0 Å². The van der Waals surface area contributed by atoms with Crippen molar-refractivity contribution in [1.29, 1.82) is 0 Å². The van der Waals surface area contributed by atoms with Crippen LogP contribution in [0.2, 0.25) is 0 Å². The second-order valence-corrected chi connectivity index (χ2v) is 6.51. The molecule has 1 aliphatic heterocycles. The monoisotopic (exact) mass is 279 g/mol. The van der Waals surface area contributed by atoms with Crippen molar-refractivity contribution in [3.8, 4) is 0 Å². The molecule has 20 heavy (non-hydrogen) atoms. The zero-order valence-electron chi connectivity index (χ0n) is 11.6. The van der Waals surface area contributed by atoms with Gasteiger partial charge in [-0.05, 0) is 25.7 Å². The highest BCUT2D eigenvalue weighted by atomic mass is 16.4. The van der Waals surface area contributed by atoms with Crippen molar-refractivity contribution in [2.75, 3.05) is 0 Å². The highest BCUT2D eigenvalue weighted by Crippen LogP contribution is 2.46. The van der Waals surface area contributed by atoms with Gasteiger partial charge in [0.2, 0.25) is 11.8 Å². The number of aliphatic carboxylic acids is 1. The minimum Gasteiger partial charge on any atom is -0.481 e. The first-order valence-corrected chi connectivity index (χ1v) is 7.65. The van der Waals surface area contributed by atoms with Gasteiger partial charge in [0, 0.05) is 0 Å². The molecule has 2 aliphatic carbocycles. The fourth-order valence-electron chi connectivity index (χ4n) is 4.42. The molecule has 110 valence electrons. The van der Waals surface area contributed by atoms with Crippen LogP contribution < -0.4 is 0 Å². The zero-order chi connectivity index (χ0) is 14.3. The summed E-state index contributed by atoms with van der Waals surface area (Å²) in [6.45, 7) is 0. The van der Waals surface area contributed by atoms with Crippen molar-refractivity contribution in [2.45, 2.75) is 63.3 Å². The minimum atomic E-state index is -0.914. The fraction of sp³-hybridized carbons (Fsp3) is 0.800. The Kier molecular flexibility index (Phi) is 3.30. The average Bonchev–Trinajstić information content (AvgIpc) is 2.95. The van der Waals surface area contributed by atoms with Gasteiger partial charge in [-0.15, -0.1) is 0 Å². The van der Waals surface area contributed by atoms with Crippen molar-refractivity contribution < 1.29 is 19.5 Å². The van der Waals surface area contributed by atoms with Gasteiger partial charge in [-0.3, -0.25) is 19.3 Å². The Morgan fingerprint density at radius 3 is 2.00 bits per heavy atom. The number of hydrogen-bond acceptors (Lipinski definition) is 3. The number of rotatable bonds is 3.